The first-order valence-corrected chi connectivity index (χ1v) is 6.71. The molecule has 0 amide bonds. The third kappa shape index (κ3) is 3.64. The van der Waals surface area contributed by atoms with Crippen LogP contribution in [0.25, 0.3) is 0 Å². The average molecular weight is 275 g/mol. The molecule has 20 heavy (non-hydrogen) atoms. The van der Waals surface area contributed by atoms with E-state index in [1.807, 2.05) is 20.8 Å². The van der Waals surface area contributed by atoms with E-state index >= 15 is 0 Å². The van der Waals surface area contributed by atoms with Crippen LogP contribution in [-0.4, -0.2) is 0 Å². The Morgan fingerprint density at radius 1 is 1.00 bits per heavy atom. The molecule has 0 radical (unpaired) electrons. The van der Waals surface area contributed by atoms with E-state index in [4.69, 9.17) is 0 Å². The third-order valence-electron chi connectivity index (χ3n) is 3.32. The van der Waals surface area contributed by atoms with Crippen LogP contribution in [0.4, 0.5) is 8.78 Å². The maximum Gasteiger partial charge on any atom is 0.128 e. The molecular formula is C17H19F2N. The normalized spacial score (nSPS) is 12.4. The van der Waals surface area contributed by atoms with Gasteiger partial charge in [0.15, 0.2) is 0 Å². The van der Waals surface area contributed by atoms with Gasteiger partial charge in [-0.2, -0.15) is 0 Å². The van der Waals surface area contributed by atoms with Crippen molar-refractivity contribution in [1.29, 1.82) is 0 Å². The quantitative estimate of drug-likeness (QED) is 0.870. The summed E-state index contributed by atoms with van der Waals surface area (Å²) >= 11 is 0. The molecule has 0 aliphatic rings. The minimum atomic E-state index is -0.415. The molecule has 2 aromatic carbocycles. The van der Waals surface area contributed by atoms with E-state index in [0.717, 1.165) is 11.6 Å². The maximum atomic E-state index is 13.7. The molecule has 106 valence electrons. The first kappa shape index (κ1) is 14.7. The van der Waals surface area contributed by atoms with Gasteiger partial charge in [0, 0.05) is 18.2 Å². The lowest BCUT2D eigenvalue weighted by atomic mass is 10.1. The first-order chi connectivity index (χ1) is 9.45. The Kier molecular flexibility index (Phi) is 4.50. The van der Waals surface area contributed by atoms with Crippen molar-refractivity contribution in [1.82, 2.24) is 5.32 Å². The summed E-state index contributed by atoms with van der Waals surface area (Å²) in [5, 5.41) is 3.23. The monoisotopic (exact) mass is 275 g/mol. The van der Waals surface area contributed by atoms with Crippen LogP contribution < -0.4 is 5.32 Å². The van der Waals surface area contributed by atoms with Gasteiger partial charge < -0.3 is 5.32 Å². The highest BCUT2D eigenvalue weighted by molar-refractivity contribution is 5.29. The molecule has 0 aromatic heterocycles. The van der Waals surface area contributed by atoms with E-state index in [0.29, 0.717) is 12.1 Å². The Labute approximate surface area is 118 Å². The van der Waals surface area contributed by atoms with Crippen LogP contribution in [0.2, 0.25) is 0 Å². The number of halogens is 2. The highest BCUT2D eigenvalue weighted by Crippen LogP contribution is 2.19. The van der Waals surface area contributed by atoms with E-state index in [-0.39, 0.29) is 11.9 Å². The maximum absolute atomic E-state index is 13.7. The lowest BCUT2D eigenvalue weighted by molar-refractivity contribution is 0.518. The molecule has 0 heterocycles. The number of nitrogens with one attached hydrogen (secondary N) is 1. The van der Waals surface area contributed by atoms with Crippen LogP contribution in [0, 0.1) is 25.5 Å². The Hall–Kier alpha value is -1.74. The summed E-state index contributed by atoms with van der Waals surface area (Å²) in [5.41, 5.74) is 3.90. The zero-order chi connectivity index (χ0) is 14.7. The Balaban J connectivity index is 2.08. The first-order valence-electron chi connectivity index (χ1n) is 6.71. The summed E-state index contributed by atoms with van der Waals surface area (Å²) in [6, 6.07) is 9.60. The Bertz CT molecular complexity index is 588. The lowest BCUT2D eigenvalue weighted by Gasteiger charge is -2.16. The van der Waals surface area contributed by atoms with Crippen molar-refractivity contribution in [3.8, 4) is 0 Å². The zero-order valence-electron chi connectivity index (χ0n) is 12.0. The highest BCUT2D eigenvalue weighted by Gasteiger charge is 2.11. The summed E-state index contributed by atoms with van der Waals surface area (Å²) in [6.45, 7) is 6.55. The summed E-state index contributed by atoms with van der Waals surface area (Å²) in [5.74, 6) is -0.798. The Morgan fingerprint density at radius 3 is 2.30 bits per heavy atom. The molecule has 1 nitrogen and oxygen atoms in total. The number of hydrogen-bond acceptors (Lipinski definition) is 1. The highest BCUT2D eigenvalue weighted by atomic mass is 19.1. The molecule has 3 heteroatoms. The van der Waals surface area contributed by atoms with E-state index < -0.39 is 5.82 Å². The van der Waals surface area contributed by atoms with Crippen LogP contribution in [-0.2, 0) is 6.54 Å². The van der Waals surface area contributed by atoms with E-state index in [2.05, 4.69) is 23.5 Å². The van der Waals surface area contributed by atoms with Crippen LogP contribution in [0.5, 0.6) is 0 Å². The fourth-order valence-corrected chi connectivity index (χ4v) is 2.40. The van der Waals surface area contributed by atoms with E-state index in [9.17, 15) is 8.78 Å². The van der Waals surface area contributed by atoms with Gasteiger partial charge in [0.2, 0.25) is 0 Å². The van der Waals surface area contributed by atoms with Crippen LogP contribution in [0.15, 0.2) is 36.4 Å². The number of aryl methyl sites for hydroxylation is 2. The molecule has 1 unspecified atom stereocenters. The third-order valence-corrected chi connectivity index (χ3v) is 3.32. The molecule has 2 aromatic rings. The molecule has 1 atom stereocenters. The van der Waals surface area contributed by atoms with Crippen LogP contribution in [0.1, 0.15) is 35.2 Å². The second kappa shape index (κ2) is 6.14. The SMILES string of the molecule is Cc1cc(C)cc(CNC(C)c2cc(F)ccc2F)c1. The van der Waals surface area contributed by atoms with Crippen molar-refractivity contribution in [2.45, 2.75) is 33.4 Å². The van der Waals surface area contributed by atoms with Crippen LogP contribution in [0.3, 0.4) is 0 Å². The van der Waals surface area contributed by atoms with Gasteiger partial charge in [-0.05, 0) is 44.5 Å². The minimum Gasteiger partial charge on any atom is -0.306 e. The summed E-state index contributed by atoms with van der Waals surface area (Å²) in [4.78, 5) is 0. The standard InChI is InChI=1S/C17H19F2N/c1-11-6-12(2)8-14(7-11)10-20-13(3)16-9-15(18)4-5-17(16)19/h4-9,13,20H,10H2,1-3H3. The number of benzene rings is 2. The summed E-state index contributed by atoms with van der Waals surface area (Å²) < 4.78 is 26.8. The second-order valence-electron chi connectivity index (χ2n) is 5.26. The molecule has 0 fully saturated rings. The van der Waals surface area contributed by atoms with Crippen molar-refractivity contribution >= 4 is 0 Å². The molecule has 0 aliphatic carbocycles. The predicted molar refractivity (Wildman–Crippen MR) is 77.5 cm³/mol. The molecule has 0 aliphatic heterocycles. The van der Waals surface area contributed by atoms with Crippen molar-refractivity contribution < 1.29 is 8.78 Å². The number of rotatable bonds is 4. The van der Waals surface area contributed by atoms with Gasteiger partial charge in [-0.3, -0.25) is 0 Å². The van der Waals surface area contributed by atoms with Gasteiger partial charge in [0.1, 0.15) is 11.6 Å². The van der Waals surface area contributed by atoms with Crippen molar-refractivity contribution in [2.75, 3.05) is 0 Å². The van der Waals surface area contributed by atoms with Crippen molar-refractivity contribution in [3.05, 3.63) is 70.3 Å². The topological polar surface area (TPSA) is 12.0 Å². The average Bonchev–Trinajstić information content (AvgIpc) is 2.38. The molecule has 0 spiro atoms. The number of hydrogen-bond donors (Lipinski definition) is 1. The molecule has 0 saturated heterocycles. The lowest BCUT2D eigenvalue weighted by Crippen LogP contribution is -2.19. The molecule has 0 bridgehead atoms. The molecule has 0 saturated carbocycles. The van der Waals surface area contributed by atoms with Gasteiger partial charge in [0.25, 0.3) is 0 Å². The Morgan fingerprint density at radius 2 is 1.65 bits per heavy atom. The fourth-order valence-electron chi connectivity index (χ4n) is 2.40. The van der Waals surface area contributed by atoms with Gasteiger partial charge in [-0.25, -0.2) is 8.78 Å². The van der Waals surface area contributed by atoms with E-state index in [1.54, 1.807) is 0 Å². The smallest absolute Gasteiger partial charge is 0.128 e. The second-order valence-corrected chi connectivity index (χ2v) is 5.26. The minimum absolute atomic E-state index is 0.244. The van der Waals surface area contributed by atoms with E-state index in [1.165, 1.54) is 23.3 Å². The molecule has 2 rings (SSSR count). The fraction of sp³-hybridized carbons (Fsp3) is 0.294. The van der Waals surface area contributed by atoms with Crippen molar-refractivity contribution in [3.63, 3.8) is 0 Å². The van der Waals surface area contributed by atoms with Gasteiger partial charge >= 0.3 is 0 Å². The van der Waals surface area contributed by atoms with Crippen molar-refractivity contribution in [2.24, 2.45) is 0 Å². The largest absolute Gasteiger partial charge is 0.306 e. The summed E-state index contributed by atoms with van der Waals surface area (Å²) in [7, 11) is 0. The van der Waals surface area contributed by atoms with Gasteiger partial charge in [-0.1, -0.05) is 29.3 Å². The molecule has 1 N–H and O–H groups in total. The van der Waals surface area contributed by atoms with Gasteiger partial charge in [0.05, 0.1) is 0 Å². The zero-order valence-corrected chi connectivity index (χ0v) is 12.0. The molecular weight excluding hydrogens is 256 g/mol. The van der Waals surface area contributed by atoms with Gasteiger partial charge in [-0.15, -0.1) is 0 Å². The predicted octanol–water partition coefficient (Wildman–Crippen LogP) is 4.43. The summed E-state index contributed by atoms with van der Waals surface area (Å²) in [6.07, 6.45) is 0. The van der Waals surface area contributed by atoms with Crippen LogP contribution >= 0.6 is 0 Å².